The van der Waals surface area contributed by atoms with Crippen molar-refractivity contribution in [2.75, 3.05) is 13.1 Å². The molecule has 1 aliphatic rings. The largest absolute Gasteiger partial charge is 0.481 e. The number of hydrogen-bond acceptors (Lipinski definition) is 2. The fourth-order valence-corrected chi connectivity index (χ4v) is 2.98. The maximum Gasteiger partial charge on any atom is 0.306 e. The highest BCUT2D eigenvalue weighted by Gasteiger charge is 2.33. The zero-order valence-electron chi connectivity index (χ0n) is 12.2. The van der Waals surface area contributed by atoms with Crippen LogP contribution in [-0.2, 0) is 4.79 Å². The van der Waals surface area contributed by atoms with Gasteiger partial charge < -0.3 is 10.0 Å². The van der Waals surface area contributed by atoms with Crippen LogP contribution in [0.2, 0.25) is 0 Å². The van der Waals surface area contributed by atoms with Gasteiger partial charge in [0.2, 0.25) is 0 Å². The lowest BCUT2D eigenvalue weighted by atomic mass is 9.86. The topological polar surface area (TPSA) is 57.6 Å². The molecule has 2 rings (SSSR count). The number of hydrogen-bond donors (Lipinski definition) is 1. The molecule has 1 fully saturated rings. The molecular weight excluding hydrogens is 254 g/mol. The van der Waals surface area contributed by atoms with E-state index in [0.29, 0.717) is 25.1 Å². The summed E-state index contributed by atoms with van der Waals surface area (Å²) < 4.78 is 0. The van der Waals surface area contributed by atoms with E-state index in [4.69, 9.17) is 5.11 Å². The standard InChI is InChI=1S/C16H21NO3/c1-10-6-11(2)8-13(7-10)15(18)17-5-4-14(16(19)20)12(3)9-17/h6-8,12,14H,4-5,9H2,1-3H3,(H,19,20). The SMILES string of the molecule is Cc1cc(C)cc(C(=O)N2CCC(C(=O)O)C(C)C2)c1. The molecule has 2 unspecified atom stereocenters. The monoisotopic (exact) mass is 275 g/mol. The van der Waals surface area contributed by atoms with Gasteiger partial charge in [-0.25, -0.2) is 0 Å². The van der Waals surface area contributed by atoms with Gasteiger partial charge in [0.05, 0.1) is 5.92 Å². The van der Waals surface area contributed by atoms with E-state index in [1.807, 2.05) is 39.0 Å². The van der Waals surface area contributed by atoms with E-state index in [1.54, 1.807) is 4.90 Å². The van der Waals surface area contributed by atoms with Crippen molar-refractivity contribution in [2.24, 2.45) is 11.8 Å². The summed E-state index contributed by atoms with van der Waals surface area (Å²) in [4.78, 5) is 25.4. The lowest BCUT2D eigenvalue weighted by molar-refractivity contribution is -0.145. The number of carbonyl (C=O) groups is 2. The zero-order chi connectivity index (χ0) is 14.9. The summed E-state index contributed by atoms with van der Waals surface area (Å²) in [7, 11) is 0. The molecule has 2 atom stereocenters. The summed E-state index contributed by atoms with van der Waals surface area (Å²) >= 11 is 0. The van der Waals surface area contributed by atoms with Gasteiger partial charge in [0.1, 0.15) is 0 Å². The second-order valence-corrected chi connectivity index (χ2v) is 5.84. The molecule has 1 heterocycles. The number of aliphatic carboxylic acids is 1. The summed E-state index contributed by atoms with van der Waals surface area (Å²) in [6.07, 6.45) is 0.535. The smallest absolute Gasteiger partial charge is 0.306 e. The van der Waals surface area contributed by atoms with Crippen LogP contribution >= 0.6 is 0 Å². The second kappa shape index (κ2) is 5.65. The van der Waals surface area contributed by atoms with Crippen LogP contribution in [0.15, 0.2) is 18.2 Å². The van der Waals surface area contributed by atoms with Gasteiger partial charge in [0, 0.05) is 18.7 Å². The van der Waals surface area contributed by atoms with Crippen molar-refractivity contribution in [3.63, 3.8) is 0 Å². The van der Waals surface area contributed by atoms with Crippen LogP contribution in [0, 0.1) is 25.7 Å². The van der Waals surface area contributed by atoms with Crippen LogP contribution in [0.5, 0.6) is 0 Å². The van der Waals surface area contributed by atoms with E-state index in [1.165, 1.54) is 0 Å². The van der Waals surface area contributed by atoms with Crippen LogP contribution in [0.1, 0.15) is 34.8 Å². The van der Waals surface area contributed by atoms with E-state index < -0.39 is 5.97 Å². The molecule has 0 aliphatic carbocycles. The number of carboxylic acid groups (broad SMARTS) is 1. The molecule has 1 aliphatic heterocycles. The number of amides is 1. The number of rotatable bonds is 2. The highest BCUT2D eigenvalue weighted by molar-refractivity contribution is 5.94. The Kier molecular flexibility index (Phi) is 4.12. The van der Waals surface area contributed by atoms with E-state index in [9.17, 15) is 9.59 Å². The van der Waals surface area contributed by atoms with E-state index in [-0.39, 0.29) is 17.7 Å². The van der Waals surface area contributed by atoms with E-state index >= 15 is 0 Å². The van der Waals surface area contributed by atoms with E-state index in [2.05, 4.69) is 0 Å². The summed E-state index contributed by atoms with van der Waals surface area (Å²) in [5.74, 6) is -1.09. The highest BCUT2D eigenvalue weighted by atomic mass is 16.4. The summed E-state index contributed by atoms with van der Waals surface area (Å²) in [5.41, 5.74) is 2.84. The molecule has 1 aromatic carbocycles. The van der Waals surface area contributed by atoms with Gasteiger partial charge in [-0.15, -0.1) is 0 Å². The summed E-state index contributed by atoms with van der Waals surface area (Å²) in [6.45, 7) is 6.89. The average molecular weight is 275 g/mol. The minimum Gasteiger partial charge on any atom is -0.481 e. The first-order chi connectivity index (χ1) is 9.38. The lowest BCUT2D eigenvalue weighted by Crippen LogP contribution is -2.45. The Hall–Kier alpha value is -1.84. The predicted molar refractivity (Wildman–Crippen MR) is 76.7 cm³/mol. The molecule has 1 amide bonds. The van der Waals surface area contributed by atoms with Gasteiger partial charge in [0.15, 0.2) is 0 Å². The third-order valence-electron chi connectivity index (χ3n) is 3.98. The Balaban J connectivity index is 2.13. The zero-order valence-corrected chi connectivity index (χ0v) is 12.2. The maximum absolute atomic E-state index is 12.5. The first-order valence-electron chi connectivity index (χ1n) is 6.99. The van der Waals surface area contributed by atoms with Crippen molar-refractivity contribution in [3.8, 4) is 0 Å². The fraction of sp³-hybridized carbons (Fsp3) is 0.500. The summed E-state index contributed by atoms with van der Waals surface area (Å²) in [6, 6.07) is 5.82. The van der Waals surface area contributed by atoms with Crippen LogP contribution in [0.4, 0.5) is 0 Å². The van der Waals surface area contributed by atoms with Gasteiger partial charge >= 0.3 is 5.97 Å². The Morgan fingerprint density at radius 3 is 2.30 bits per heavy atom. The Morgan fingerprint density at radius 2 is 1.80 bits per heavy atom. The van der Waals surface area contributed by atoms with Gasteiger partial charge in [-0.05, 0) is 38.3 Å². The van der Waals surface area contributed by atoms with Crippen molar-refractivity contribution in [2.45, 2.75) is 27.2 Å². The average Bonchev–Trinajstić information content (AvgIpc) is 2.36. The summed E-state index contributed by atoms with van der Waals surface area (Å²) in [5, 5.41) is 9.12. The molecule has 108 valence electrons. The Morgan fingerprint density at radius 1 is 1.20 bits per heavy atom. The molecule has 0 saturated carbocycles. The van der Waals surface area contributed by atoms with Crippen LogP contribution in [-0.4, -0.2) is 35.0 Å². The molecule has 1 N–H and O–H groups in total. The van der Waals surface area contributed by atoms with E-state index in [0.717, 1.165) is 11.1 Å². The number of carboxylic acids is 1. The Labute approximate surface area is 119 Å². The first-order valence-corrected chi connectivity index (χ1v) is 6.99. The third-order valence-corrected chi connectivity index (χ3v) is 3.98. The number of nitrogens with zero attached hydrogens (tertiary/aromatic N) is 1. The number of carbonyl (C=O) groups excluding carboxylic acids is 1. The number of benzene rings is 1. The van der Waals surface area contributed by atoms with Crippen molar-refractivity contribution in [1.29, 1.82) is 0 Å². The van der Waals surface area contributed by atoms with Crippen molar-refractivity contribution < 1.29 is 14.7 Å². The predicted octanol–water partition coefficient (Wildman–Crippen LogP) is 2.49. The maximum atomic E-state index is 12.5. The van der Waals surface area contributed by atoms with Crippen molar-refractivity contribution >= 4 is 11.9 Å². The highest BCUT2D eigenvalue weighted by Crippen LogP contribution is 2.25. The Bertz CT molecular complexity index is 518. The number of piperidine rings is 1. The molecule has 0 aromatic heterocycles. The quantitative estimate of drug-likeness (QED) is 0.902. The second-order valence-electron chi connectivity index (χ2n) is 5.84. The fourth-order valence-electron chi connectivity index (χ4n) is 2.98. The molecular formula is C16H21NO3. The minimum absolute atomic E-state index is 0.00361. The van der Waals surface area contributed by atoms with Crippen molar-refractivity contribution in [1.82, 2.24) is 4.90 Å². The minimum atomic E-state index is -0.754. The molecule has 1 saturated heterocycles. The molecule has 0 radical (unpaired) electrons. The molecule has 20 heavy (non-hydrogen) atoms. The number of likely N-dealkylation sites (tertiary alicyclic amines) is 1. The molecule has 4 heteroatoms. The lowest BCUT2D eigenvalue weighted by Gasteiger charge is -2.35. The van der Waals surface area contributed by atoms with Crippen LogP contribution < -0.4 is 0 Å². The van der Waals surface area contributed by atoms with Gasteiger partial charge in [-0.2, -0.15) is 0 Å². The van der Waals surface area contributed by atoms with Gasteiger partial charge in [-0.3, -0.25) is 9.59 Å². The third kappa shape index (κ3) is 3.00. The normalized spacial score (nSPS) is 22.6. The molecule has 1 aromatic rings. The van der Waals surface area contributed by atoms with Gasteiger partial charge in [-0.1, -0.05) is 24.1 Å². The molecule has 0 bridgehead atoms. The van der Waals surface area contributed by atoms with Crippen molar-refractivity contribution in [3.05, 3.63) is 34.9 Å². The molecule has 0 spiro atoms. The van der Waals surface area contributed by atoms with Gasteiger partial charge in [0.25, 0.3) is 5.91 Å². The first kappa shape index (κ1) is 14.6. The molecule has 4 nitrogen and oxygen atoms in total. The van der Waals surface area contributed by atoms with Crippen LogP contribution in [0.3, 0.4) is 0 Å². The van der Waals surface area contributed by atoms with Crippen LogP contribution in [0.25, 0.3) is 0 Å². The number of aryl methyl sites for hydroxylation is 2.